The molecule has 0 aromatic heterocycles. The second kappa shape index (κ2) is 12.5. The van der Waals surface area contributed by atoms with Gasteiger partial charge in [-0.25, -0.2) is 8.42 Å². The summed E-state index contributed by atoms with van der Waals surface area (Å²) in [5, 5.41) is 19.1. The molecule has 2 saturated heterocycles. The fourth-order valence-electron chi connectivity index (χ4n) is 6.26. The summed E-state index contributed by atoms with van der Waals surface area (Å²) in [6.07, 6.45) is 0.965. The van der Waals surface area contributed by atoms with Crippen LogP contribution in [0.5, 0.6) is 0 Å². The Kier molecular flexibility index (Phi) is 8.84. The lowest BCUT2D eigenvalue weighted by Crippen LogP contribution is -2.54. The minimum atomic E-state index is -3.72. The maximum Gasteiger partial charge on any atom is 0.243 e. The number of sulfonamides is 1. The van der Waals surface area contributed by atoms with Crippen LogP contribution in [0.4, 0.5) is 11.4 Å². The fraction of sp³-hybridized carbons (Fsp3) is 0.394. The normalized spacial score (nSPS) is 18.7. The Morgan fingerprint density at radius 3 is 2.05 bits per heavy atom. The van der Waals surface area contributed by atoms with Crippen LogP contribution in [0.2, 0.25) is 0 Å². The fourth-order valence-corrected chi connectivity index (χ4v) is 8.14. The minimum absolute atomic E-state index is 0.243. The van der Waals surface area contributed by atoms with Crippen LogP contribution in [0.25, 0.3) is 0 Å². The van der Waals surface area contributed by atoms with E-state index in [4.69, 9.17) is 0 Å². The zero-order valence-electron chi connectivity index (χ0n) is 24.6. The van der Waals surface area contributed by atoms with E-state index in [0.29, 0.717) is 42.2 Å². The van der Waals surface area contributed by atoms with Crippen LogP contribution in [-0.4, -0.2) is 69.5 Å². The molecule has 8 nitrogen and oxygen atoms in total. The van der Waals surface area contributed by atoms with E-state index in [1.165, 1.54) is 0 Å². The Morgan fingerprint density at radius 1 is 0.786 bits per heavy atom. The number of anilines is 2. The molecule has 9 heteroatoms. The average Bonchev–Trinajstić information content (AvgIpc) is 3.23. The van der Waals surface area contributed by atoms with Crippen molar-refractivity contribution in [2.24, 2.45) is 0 Å². The van der Waals surface area contributed by atoms with Gasteiger partial charge >= 0.3 is 0 Å². The molecule has 1 unspecified atom stereocenters. The van der Waals surface area contributed by atoms with Gasteiger partial charge in [0.2, 0.25) is 10.0 Å². The standard InChI is InChI=1S/C33H38N6O2S/c1-25-19-26(2)33(42(40,41)39-18-17-38(23-27(39)3)32-12-7-5-10-29(32)22-35)20-30(25)24-36-13-8-14-37(16-15-36)31-11-6-4-9-28(31)21-34/h4-7,9-12,19-20,27H,8,13-18,23-24H2,1-3H3. The summed E-state index contributed by atoms with van der Waals surface area (Å²) in [6.45, 7) is 11.4. The molecule has 0 amide bonds. The molecule has 218 valence electrons. The summed E-state index contributed by atoms with van der Waals surface area (Å²) >= 11 is 0. The predicted molar refractivity (Wildman–Crippen MR) is 166 cm³/mol. The lowest BCUT2D eigenvalue weighted by Gasteiger charge is -2.40. The van der Waals surface area contributed by atoms with Crippen molar-refractivity contribution in [3.63, 3.8) is 0 Å². The molecule has 3 aromatic rings. The third kappa shape index (κ3) is 6.00. The molecule has 0 radical (unpaired) electrons. The highest BCUT2D eigenvalue weighted by molar-refractivity contribution is 7.89. The lowest BCUT2D eigenvalue weighted by atomic mass is 10.1. The predicted octanol–water partition coefficient (Wildman–Crippen LogP) is 4.66. The van der Waals surface area contributed by atoms with Crippen LogP contribution in [0.1, 0.15) is 41.2 Å². The number of nitriles is 2. The van der Waals surface area contributed by atoms with Crippen LogP contribution in [0, 0.1) is 36.5 Å². The summed E-state index contributed by atoms with van der Waals surface area (Å²) in [7, 11) is -3.72. The van der Waals surface area contributed by atoms with E-state index in [-0.39, 0.29) is 6.04 Å². The zero-order valence-corrected chi connectivity index (χ0v) is 25.4. The highest BCUT2D eigenvalue weighted by Gasteiger charge is 2.35. The second-order valence-corrected chi connectivity index (χ2v) is 13.2. The van der Waals surface area contributed by atoms with Crippen molar-refractivity contribution in [2.75, 3.05) is 55.6 Å². The molecule has 42 heavy (non-hydrogen) atoms. The van der Waals surface area contributed by atoms with Crippen LogP contribution in [-0.2, 0) is 16.6 Å². The summed E-state index contributed by atoms with van der Waals surface area (Å²) in [5.74, 6) is 0. The number of aryl methyl sites for hydroxylation is 2. The number of piperazine rings is 1. The van der Waals surface area contributed by atoms with Gasteiger partial charge in [0, 0.05) is 58.4 Å². The molecule has 2 heterocycles. The highest BCUT2D eigenvalue weighted by atomic mass is 32.2. The Morgan fingerprint density at radius 2 is 1.40 bits per heavy atom. The van der Waals surface area contributed by atoms with Gasteiger partial charge in [-0.05, 0) is 74.2 Å². The van der Waals surface area contributed by atoms with Gasteiger partial charge in [0.05, 0.1) is 27.4 Å². The van der Waals surface area contributed by atoms with Gasteiger partial charge in [-0.3, -0.25) is 4.90 Å². The Bertz CT molecular complexity index is 1640. The van der Waals surface area contributed by atoms with Crippen LogP contribution in [0.15, 0.2) is 65.6 Å². The third-order valence-electron chi connectivity index (χ3n) is 8.50. The maximum atomic E-state index is 14.1. The number of nitrogens with zero attached hydrogens (tertiary/aromatic N) is 6. The van der Waals surface area contributed by atoms with E-state index in [1.54, 1.807) is 10.4 Å². The quantitative estimate of drug-likeness (QED) is 0.417. The molecule has 0 spiro atoms. The molecule has 2 fully saturated rings. The van der Waals surface area contributed by atoms with E-state index in [2.05, 4.69) is 33.8 Å². The summed E-state index contributed by atoms with van der Waals surface area (Å²) in [4.78, 5) is 7.16. The van der Waals surface area contributed by atoms with Gasteiger partial charge in [-0.1, -0.05) is 30.3 Å². The monoisotopic (exact) mass is 582 g/mol. The van der Waals surface area contributed by atoms with Crippen molar-refractivity contribution in [3.05, 3.63) is 88.5 Å². The number of benzene rings is 3. The molecule has 2 aliphatic heterocycles. The molecule has 3 aromatic carbocycles. The SMILES string of the molecule is Cc1cc(C)c(S(=O)(=O)N2CCN(c3ccccc3C#N)CC2C)cc1CN1CCCN(c2ccccc2C#N)CC1. The van der Waals surface area contributed by atoms with Gasteiger partial charge in [0.25, 0.3) is 0 Å². The van der Waals surface area contributed by atoms with Crippen molar-refractivity contribution in [1.29, 1.82) is 10.5 Å². The molecule has 2 aliphatic rings. The first-order valence-electron chi connectivity index (χ1n) is 14.6. The largest absolute Gasteiger partial charge is 0.369 e. The van der Waals surface area contributed by atoms with Gasteiger partial charge < -0.3 is 9.80 Å². The summed E-state index contributed by atoms with van der Waals surface area (Å²) in [5.41, 5.74) is 6.01. The molecule has 0 bridgehead atoms. The van der Waals surface area contributed by atoms with E-state index in [1.807, 2.05) is 68.4 Å². The van der Waals surface area contributed by atoms with E-state index >= 15 is 0 Å². The maximum absolute atomic E-state index is 14.1. The summed E-state index contributed by atoms with van der Waals surface area (Å²) < 4.78 is 29.7. The second-order valence-electron chi connectivity index (χ2n) is 11.3. The number of hydrogen-bond donors (Lipinski definition) is 0. The van der Waals surface area contributed by atoms with Crippen LogP contribution >= 0.6 is 0 Å². The lowest BCUT2D eigenvalue weighted by molar-refractivity contribution is 0.284. The van der Waals surface area contributed by atoms with Crippen molar-refractivity contribution in [2.45, 2.75) is 44.7 Å². The minimum Gasteiger partial charge on any atom is -0.369 e. The highest BCUT2D eigenvalue weighted by Crippen LogP contribution is 2.30. The van der Waals surface area contributed by atoms with Crippen molar-refractivity contribution >= 4 is 21.4 Å². The molecule has 0 saturated carbocycles. The first kappa shape index (κ1) is 29.6. The first-order valence-corrected chi connectivity index (χ1v) is 16.0. The Balaban J connectivity index is 1.32. The van der Waals surface area contributed by atoms with Gasteiger partial charge in [-0.15, -0.1) is 0 Å². The zero-order chi connectivity index (χ0) is 29.9. The molecule has 5 rings (SSSR count). The third-order valence-corrected chi connectivity index (χ3v) is 10.7. The molecule has 0 aliphatic carbocycles. The van der Waals surface area contributed by atoms with E-state index in [0.717, 1.165) is 60.7 Å². The van der Waals surface area contributed by atoms with Crippen LogP contribution < -0.4 is 9.80 Å². The first-order chi connectivity index (χ1) is 20.2. The number of rotatable bonds is 6. The van der Waals surface area contributed by atoms with Gasteiger partial charge in [-0.2, -0.15) is 14.8 Å². The molecular formula is C33H38N6O2S. The van der Waals surface area contributed by atoms with Crippen molar-refractivity contribution in [1.82, 2.24) is 9.21 Å². The van der Waals surface area contributed by atoms with Crippen molar-refractivity contribution < 1.29 is 8.42 Å². The Labute approximate surface area is 250 Å². The van der Waals surface area contributed by atoms with Crippen LogP contribution in [0.3, 0.4) is 0 Å². The van der Waals surface area contributed by atoms with Crippen molar-refractivity contribution in [3.8, 4) is 12.1 Å². The van der Waals surface area contributed by atoms with E-state index < -0.39 is 10.0 Å². The van der Waals surface area contributed by atoms with Gasteiger partial charge in [0.15, 0.2) is 0 Å². The van der Waals surface area contributed by atoms with Gasteiger partial charge in [0.1, 0.15) is 12.1 Å². The molecular weight excluding hydrogens is 544 g/mol. The number of para-hydroxylation sites is 2. The van der Waals surface area contributed by atoms with E-state index in [9.17, 15) is 18.9 Å². The average molecular weight is 583 g/mol. The summed E-state index contributed by atoms with van der Waals surface area (Å²) in [6, 6.07) is 23.4. The molecule has 1 atom stereocenters. The topological polar surface area (TPSA) is 94.7 Å². The Hall–Kier alpha value is -3.89. The smallest absolute Gasteiger partial charge is 0.243 e. The molecule has 0 N–H and O–H groups in total. The number of hydrogen-bond acceptors (Lipinski definition) is 7.